The quantitative estimate of drug-likeness (QED) is 0.535. The highest BCUT2D eigenvalue weighted by molar-refractivity contribution is 9.09. The summed E-state index contributed by atoms with van der Waals surface area (Å²) < 4.78 is 10.8. The van der Waals surface area contributed by atoms with Gasteiger partial charge in [0.05, 0.1) is 25.9 Å². The van der Waals surface area contributed by atoms with Gasteiger partial charge in [0.15, 0.2) is 0 Å². The maximum Gasteiger partial charge on any atom is 0.0809 e. The van der Waals surface area contributed by atoms with E-state index in [4.69, 9.17) is 9.47 Å². The van der Waals surface area contributed by atoms with E-state index in [1.165, 1.54) is 12.8 Å². The van der Waals surface area contributed by atoms with Crippen LogP contribution in [0.5, 0.6) is 0 Å². The second kappa shape index (κ2) is 5.98. The van der Waals surface area contributed by atoms with E-state index in [1.54, 1.807) is 0 Å². The SMILES string of the molecule is BrCCCCC1COCCO1. The fourth-order valence-corrected chi connectivity index (χ4v) is 1.57. The van der Waals surface area contributed by atoms with Crippen LogP contribution in [0.4, 0.5) is 0 Å². The summed E-state index contributed by atoms with van der Waals surface area (Å²) in [6.07, 6.45) is 3.98. The summed E-state index contributed by atoms with van der Waals surface area (Å²) in [4.78, 5) is 0. The second-order valence-corrected chi connectivity index (χ2v) is 3.55. The van der Waals surface area contributed by atoms with Crippen molar-refractivity contribution in [3.63, 3.8) is 0 Å². The van der Waals surface area contributed by atoms with Crippen LogP contribution in [0.2, 0.25) is 0 Å². The van der Waals surface area contributed by atoms with Gasteiger partial charge in [0.2, 0.25) is 0 Å². The number of rotatable bonds is 4. The lowest BCUT2D eigenvalue weighted by molar-refractivity contribution is -0.0910. The molecule has 66 valence electrons. The van der Waals surface area contributed by atoms with Crippen molar-refractivity contribution < 1.29 is 9.47 Å². The molecule has 1 unspecified atom stereocenters. The summed E-state index contributed by atoms with van der Waals surface area (Å²) in [5.41, 5.74) is 0. The normalized spacial score (nSPS) is 25.4. The van der Waals surface area contributed by atoms with Crippen LogP contribution in [0.25, 0.3) is 0 Å². The predicted octanol–water partition coefficient (Wildman–Crippen LogP) is 1.97. The third-order valence-corrected chi connectivity index (χ3v) is 2.36. The largest absolute Gasteiger partial charge is 0.376 e. The Bertz CT molecular complexity index is 92.1. The monoisotopic (exact) mass is 222 g/mol. The first-order chi connectivity index (χ1) is 5.43. The number of hydrogen-bond donors (Lipinski definition) is 0. The van der Waals surface area contributed by atoms with E-state index in [0.717, 1.165) is 31.6 Å². The number of alkyl halides is 1. The van der Waals surface area contributed by atoms with E-state index < -0.39 is 0 Å². The second-order valence-electron chi connectivity index (χ2n) is 2.75. The average molecular weight is 223 g/mol. The van der Waals surface area contributed by atoms with Crippen molar-refractivity contribution in [2.45, 2.75) is 25.4 Å². The van der Waals surface area contributed by atoms with Crippen LogP contribution in [0.3, 0.4) is 0 Å². The Hall–Kier alpha value is 0.400. The van der Waals surface area contributed by atoms with Crippen molar-refractivity contribution in [2.75, 3.05) is 25.2 Å². The number of unbranched alkanes of at least 4 members (excludes halogenated alkanes) is 1. The van der Waals surface area contributed by atoms with Crippen LogP contribution >= 0.6 is 15.9 Å². The molecule has 1 aliphatic heterocycles. The summed E-state index contributed by atoms with van der Waals surface area (Å²) in [5.74, 6) is 0. The van der Waals surface area contributed by atoms with Gasteiger partial charge in [-0.05, 0) is 19.3 Å². The van der Waals surface area contributed by atoms with Gasteiger partial charge in [0.25, 0.3) is 0 Å². The zero-order valence-corrected chi connectivity index (χ0v) is 8.31. The van der Waals surface area contributed by atoms with Gasteiger partial charge in [-0.3, -0.25) is 0 Å². The van der Waals surface area contributed by atoms with Crippen LogP contribution in [-0.4, -0.2) is 31.3 Å². The Morgan fingerprint density at radius 2 is 2.18 bits per heavy atom. The van der Waals surface area contributed by atoms with Crippen LogP contribution in [-0.2, 0) is 9.47 Å². The molecule has 0 N–H and O–H groups in total. The zero-order chi connectivity index (χ0) is 7.94. The first-order valence-electron chi connectivity index (χ1n) is 4.19. The van der Waals surface area contributed by atoms with E-state index in [2.05, 4.69) is 15.9 Å². The lowest BCUT2D eigenvalue weighted by Crippen LogP contribution is -2.28. The summed E-state index contributed by atoms with van der Waals surface area (Å²) in [7, 11) is 0. The smallest absolute Gasteiger partial charge is 0.0809 e. The molecule has 3 heteroatoms. The van der Waals surface area contributed by atoms with E-state index in [-0.39, 0.29) is 0 Å². The molecule has 2 nitrogen and oxygen atoms in total. The molecule has 0 spiro atoms. The molecule has 1 atom stereocenters. The lowest BCUT2D eigenvalue weighted by atomic mass is 10.1. The molecular weight excluding hydrogens is 208 g/mol. The Kier molecular flexibility index (Phi) is 5.15. The Morgan fingerprint density at radius 1 is 1.27 bits per heavy atom. The first kappa shape index (κ1) is 9.49. The average Bonchev–Trinajstić information content (AvgIpc) is 2.07. The van der Waals surface area contributed by atoms with Crippen molar-refractivity contribution in [1.82, 2.24) is 0 Å². The first-order valence-corrected chi connectivity index (χ1v) is 5.31. The molecule has 0 aliphatic carbocycles. The molecule has 0 bridgehead atoms. The molecule has 0 amide bonds. The molecule has 0 radical (unpaired) electrons. The van der Waals surface area contributed by atoms with Gasteiger partial charge in [-0.25, -0.2) is 0 Å². The van der Waals surface area contributed by atoms with Crippen molar-refractivity contribution in [2.24, 2.45) is 0 Å². The highest BCUT2D eigenvalue weighted by Gasteiger charge is 2.12. The Morgan fingerprint density at radius 3 is 2.82 bits per heavy atom. The van der Waals surface area contributed by atoms with E-state index in [0.29, 0.717) is 6.10 Å². The summed E-state index contributed by atoms with van der Waals surface area (Å²) in [6, 6.07) is 0. The van der Waals surface area contributed by atoms with Gasteiger partial charge in [0.1, 0.15) is 0 Å². The highest BCUT2D eigenvalue weighted by atomic mass is 79.9. The highest BCUT2D eigenvalue weighted by Crippen LogP contribution is 2.09. The van der Waals surface area contributed by atoms with Crippen LogP contribution in [0.15, 0.2) is 0 Å². The lowest BCUT2D eigenvalue weighted by Gasteiger charge is -2.22. The standard InChI is InChI=1S/C8H15BrO2/c9-4-2-1-3-8-7-10-5-6-11-8/h8H,1-7H2. The van der Waals surface area contributed by atoms with E-state index >= 15 is 0 Å². The maximum atomic E-state index is 5.48. The fraction of sp³-hybridized carbons (Fsp3) is 1.00. The molecule has 1 fully saturated rings. The zero-order valence-electron chi connectivity index (χ0n) is 6.72. The van der Waals surface area contributed by atoms with Gasteiger partial charge in [-0.15, -0.1) is 0 Å². The van der Waals surface area contributed by atoms with Crippen molar-refractivity contribution in [1.29, 1.82) is 0 Å². The third-order valence-electron chi connectivity index (χ3n) is 1.79. The molecule has 11 heavy (non-hydrogen) atoms. The molecular formula is C8H15BrO2. The van der Waals surface area contributed by atoms with Gasteiger partial charge >= 0.3 is 0 Å². The summed E-state index contributed by atoms with van der Waals surface area (Å²) in [6.45, 7) is 2.34. The van der Waals surface area contributed by atoms with Crippen molar-refractivity contribution >= 4 is 15.9 Å². The van der Waals surface area contributed by atoms with Crippen molar-refractivity contribution in [3.8, 4) is 0 Å². The Balaban J connectivity index is 1.96. The van der Waals surface area contributed by atoms with Crippen LogP contribution in [0.1, 0.15) is 19.3 Å². The molecule has 0 aromatic rings. The molecule has 1 rings (SSSR count). The molecule has 1 aliphatic rings. The molecule has 1 saturated heterocycles. The van der Waals surface area contributed by atoms with Gasteiger partial charge in [0, 0.05) is 5.33 Å². The molecule has 1 heterocycles. The van der Waals surface area contributed by atoms with Gasteiger partial charge < -0.3 is 9.47 Å². The summed E-state index contributed by atoms with van der Waals surface area (Å²) >= 11 is 3.40. The summed E-state index contributed by atoms with van der Waals surface area (Å²) in [5, 5.41) is 1.10. The van der Waals surface area contributed by atoms with Crippen LogP contribution < -0.4 is 0 Å². The predicted molar refractivity (Wildman–Crippen MR) is 48.2 cm³/mol. The Labute approximate surface area is 76.4 Å². The molecule has 0 saturated carbocycles. The van der Waals surface area contributed by atoms with Gasteiger partial charge in [-0.1, -0.05) is 15.9 Å². The fourth-order valence-electron chi connectivity index (χ4n) is 1.17. The number of ether oxygens (including phenoxy) is 2. The number of halogens is 1. The minimum absolute atomic E-state index is 0.364. The minimum atomic E-state index is 0.364. The van der Waals surface area contributed by atoms with E-state index in [1.807, 2.05) is 0 Å². The third kappa shape index (κ3) is 4.09. The number of hydrogen-bond acceptors (Lipinski definition) is 2. The molecule has 0 aromatic carbocycles. The minimum Gasteiger partial charge on any atom is -0.376 e. The van der Waals surface area contributed by atoms with Crippen molar-refractivity contribution in [3.05, 3.63) is 0 Å². The maximum absolute atomic E-state index is 5.48. The molecule has 0 aromatic heterocycles. The van der Waals surface area contributed by atoms with E-state index in [9.17, 15) is 0 Å². The topological polar surface area (TPSA) is 18.5 Å². The van der Waals surface area contributed by atoms with Crippen LogP contribution in [0, 0.1) is 0 Å². The van der Waals surface area contributed by atoms with Gasteiger partial charge in [-0.2, -0.15) is 0 Å².